The smallest absolute Gasteiger partial charge is 0.331 e. The Morgan fingerprint density at radius 1 is 0.750 bits per heavy atom. The lowest BCUT2D eigenvalue weighted by atomic mass is 9.98. The summed E-state index contributed by atoms with van der Waals surface area (Å²) < 4.78 is 33.5. The van der Waals surface area contributed by atoms with Crippen LogP contribution < -0.4 is 14.9 Å². The van der Waals surface area contributed by atoms with Gasteiger partial charge in [0, 0.05) is 29.8 Å². The zero-order valence-corrected chi connectivity index (χ0v) is 29.2. The normalized spacial score (nSPS) is 19.6. The molecule has 2 heterocycles. The van der Waals surface area contributed by atoms with Crippen LogP contribution in [0.4, 0.5) is 0 Å². The number of ether oxygens (including phenoxy) is 5. The molecule has 0 amide bonds. The molecule has 1 aromatic heterocycles. The number of aromatic hydroxyl groups is 5. The zero-order valence-electron chi connectivity index (χ0n) is 29.2. The van der Waals surface area contributed by atoms with Gasteiger partial charge in [-0.15, -0.1) is 0 Å². The molecule has 1 fully saturated rings. The minimum Gasteiger partial charge on any atom is -0.508 e. The molecule has 1 aliphatic heterocycles. The second kappa shape index (κ2) is 16.6. The van der Waals surface area contributed by atoms with Crippen molar-refractivity contribution in [2.45, 2.75) is 30.7 Å². The van der Waals surface area contributed by atoms with E-state index in [9.17, 15) is 50.1 Å². The second-order valence-corrected chi connectivity index (χ2v) is 12.3. The third kappa shape index (κ3) is 8.68. The summed E-state index contributed by atoms with van der Waals surface area (Å²) in [4.78, 5) is 39.7. The van der Waals surface area contributed by atoms with Crippen LogP contribution in [-0.4, -0.2) is 92.1 Å². The number of hydrogen-bond donors (Lipinski definition) is 7. The number of aliphatic hydroxyl groups is 2. The largest absolute Gasteiger partial charge is 0.508 e. The van der Waals surface area contributed by atoms with Crippen molar-refractivity contribution in [3.8, 4) is 51.6 Å². The average molecular weight is 771 g/mol. The summed E-state index contributed by atoms with van der Waals surface area (Å²) in [5.74, 6) is -4.07. The fourth-order valence-corrected chi connectivity index (χ4v) is 5.67. The molecule has 6 rings (SSSR count). The summed E-state index contributed by atoms with van der Waals surface area (Å²) in [6.45, 7) is -0.690. The summed E-state index contributed by atoms with van der Waals surface area (Å²) in [6.07, 6.45) is -4.41. The highest BCUT2D eigenvalue weighted by atomic mass is 16.7. The first-order valence-corrected chi connectivity index (χ1v) is 16.7. The molecule has 0 bridgehead atoms. The first-order valence-electron chi connectivity index (χ1n) is 16.7. The van der Waals surface area contributed by atoms with Gasteiger partial charge < -0.3 is 63.8 Å². The van der Waals surface area contributed by atoms with Crippen LogP contribution in [0, 0.1) is 0 Å². The molecule has 0 spiro atoms. The number of esters is 2. The van der Waals surface area contributed by atoms with Crippen molar-refractivity contribution in [2.24, 2.45) is 0 Å². The standard InChI is InChI=1S/C40H34O16/c1-51-28-16-21(4-13-26(28)44)6-14-31(46)52-19-30-34(48)38(55-32(47)15-5-20-2-9-23(41)10-3-20)36(50)40(54-30)56-39-35(49)33-27(45)17-25(43)18-29(33)53-37(39)22-7-11-24(42)12-8-22/h2-18,30,34,36,38,40-45,48,50H,19H2,1H3/b14-6+,15-5+/t30-,34-,36-,38-,40+/m1/s1. The van der Waals surface area contributed by atoms with Crippen LogP contribution in [0.2, 0.25) is 0 Å². The van der Waals surface area contributed by atoms with Crippen molar-refractivity contribution in [1.29, 1.82) is 0 Å². The van der Waals surface area contributed by atoms with Crippen molar-refractivity contribution in [3.05, 3.63) is 112 Å². The van der Waals surface area contributed by atoms with Gasteiger partial charge in [0.2, 0.25) is 17.5 Å². The molecule has 4 aromatic carbocycles. The van der Waals surface area contributed by atoms with Crippen LogP contribution in [0.15, 0.2) is 100 Å². The molecule has 7 N–H and O–H groups in total. The van der Waals surface area contributed by atoms with E-state index < -0.39 is 77.3 Å². The molecule has 16 nitrogen and oxygen atoms in total. The topological polar surface area (TPSA) is 252 Å². The molecule has 56 heavy (non-hydrogen) atoms. The van der Waals surface area contributed by atoms with E-state index in [4.69, 9.17) is 28.1 Å². The summed E-state index contributed by atoms with van der Waals surface area (Å²) >= 11 is 0. The molecule has 1 saturated heterocycles. The third-order valence-electron chi connectivity index (χ3n) is 8.49. The molecule has 290 valence electrons. The van der Waals surface area contributed by atoms with Gasteiger partial charge >= 0.3 is 11.9 Å². The van der Waals surface area contributed by atoms with Gasteiger partial charge in [-0.1, -0.05) is 18.2 Å². The monoisotopic (exact) mass is 770 g/mol. The number of aliphatic hydroxyl groups excluding tert-OH is 2. The molecular formula is C40H34O16. The number of hydrogen-bond acceptors (Lipinski definition) is 16. The highest BCUT2D eigenvalue weighted by Crippen LogP contribution is 2.38. The van der Waals surface area contributed by atoms with Crippen LogP contribution in [0.5, 0.6) is 40.2 Å². The molecule has 0 aliphatic carbocycles. The maximum Gasteiger partial charge on any atom is 0.331 e. The molecule has 0 unspecified atom stereocenters. The van der Waals surface area contributed by atoms with Crippen LogP contribution in [0.3, 0.4) is 0 Å². The Balaban J connectivity index is 1.31. The van der Waals surface area contributed by atoms with Crippen LogP contribution in [-0.2, 0) is 23.8 Å². The van der Waals surface area contributed by atoms with Gasteiger partial charge in [0.1, 0.15) is 52.8 Å². The summed E-state index contributed by atoms with van der Waals surface area (Å²) in [5, 5.41) is 72.2. The number of benzene rings is 4. The fourth-order valence-electron chi connectivity index (χ4n) is 5.67. The van der Waals surface area contributed by atoms with Crippen molar-refractivity contribution < 1.29 is 73.4 Å². The number of carbonyl (C=O) groups is 2. The van der Waals surface area contributed by atoms with Gasteiger partial charge in [0.15, 0.2) is 29.5 Å². The van der Waals surface area contributed by atoms with Crippen molar-refractivity contribution in [1.82, 2.24) is 0 Å². The van der Waals surface area contributed by atoms with Gasteiger partial charge in [-0.05, 0) is 71.8 Å². The Morgan fingerprint density at radius 2 is 1.39 bits per heavy atom. The average Bonchev–Trinajstić information content (AvgIpc) is 3.17. The lowest BCUT2D eigenvalue weighted by molar-refractivity contribution is -0.281. The van der Waals surface area contributed by atoms with Gasteiger partial charge in [0.25, 0.3) is 0 Å². The van der Waals surface area contributed by atoms with E-state index in [1.54, 1.807) is 0 Å². The molecule has 5 aromatic rings. The van der Waals surface area contributed by atoms with Gasteiger partial charge in [-0.3, -0.25) is 4.79 Å². The number of carbonyl (C=O) groups excluding carboxylic acids is 2. The number of fused-ring (bicyclic) bond motifs is 1. The lowest BCUT2D eigenvalue weighted by Crippen LogP contribution is -2.61. The molecular weight excluding hydrogens is 736 g/mol. The van der Waals surface area contributed by atoms with Gasteiger partial charge in [0.05, 0.1) is 7.11 Å². The van der Waals surface area contributed by atoms with Gasteiger partial charge in [-0.2, -0.15) is 0 Å². The number of phenolic OH excluding ortho intramolecular Hbond substituents is 5. The summed E-state index contributed by atoms with van der Waals surface area (Å²) in [7, 11) is 1.35. The van der Waals surface area contributed by atoms with E-state index >= 15 is 0 Å². The zero-order chi connectivity index (χ0) is 40.1. The Morgan fingerprint density at radius 3 is 2.09 bits per heavy atom. The van der Waals surface area contributed by atoms with E-state index in [0.29, 0.717) is 11.1 Å². The quantitative estimate of drug-likeness (QED) is 0.0747. The molecule has 0 saturated carbocycles. The molecule has 5 atom stereocenters. The minimum absolute atomic E-state index is 0.00517. The highest BCUT2D eigenvalue weighted by molar-refractivity contribution is 5.89. The molecule has 0 radical (unpaired) electrons. The van der Waals surface area contributed by atoms with Gasteiger partial charge in [-0.25, -0.2) is 9.59 Å². The van der Waals surface area contributed by atoms with Crippen molar-refractivity contribution in [2.75, 3.05) is 13.7 Å². The van der Waals surface area contributed by atoms with Crippen LogP contribution in [0.1, 0.15) is 11.1 Å². The Kier molecular flexibility index (Phi) is 11.4. The Labute approximate surface area is 316 Å². The van der Waals surface area contributed by atoms with Crippen molar-refractivity contribution in [3.63, 3.8) is 0 Å². The molecule has 16 heteroatoms. The van der Waals surface area contributed by atoms with Crippen LogP contribution in [0.25, 0.3) is 34.4 Å². The van der Waals surface area contributed by atoms with E-state index in [-0.39, 0.29) is 39.9 Å². The summed E-state index contributed by atoms with van der Waals surface area (Å²) in [5.41, 5.74) is -0.110. The summed E-state index contributed by atoms with van der Waals surface area (Å²) in [6, 6.07) is 17.4. The SMILES string of the molecule is COc1cc(/C=C/C(=O)OC[C@H]2O[C@@H](Oc3c(-c4ccc(O)cc4)oc4cc(O)cc(O)c4c3=O)[C@H](O)[C@H](OC(=O)/C=C/c3ccc(O)cc3)[C@@H]2O)ccc1O. The number of methoxy groups -OCH3 is 1. The van der Waals surface area contributed by atoms with E-state index in [1.807, 2.05) is 0 Å². The van der Waals surface area contributed by atoms with E-state index in [2.05, 4.69) is 0 Å². The highest BCUT2D eigenvalue weighted by Gasteiger charge is 2.49. The Hall–Kier alpha value is -7.01. The predicted molar refractivity (Wildman–Crippen MR) is 196 cm³/mol. The van der Waals surface area contributed by atoms with Crippen LogP contribution >= 0.6 is 0 Å². The van der Waals surface area contributed by atoms with Crippen molar-refractivity contribution >= 4 is 35.1 Å². The lowest BCUT2D eigenvalue weighted by Gasteiger charge is -2.41. The first kappa shape index (κ1) is 38.7. The first-order chi connectivity index (χ1) is 26.8. The predicted octanol–water partition coefficient (Wildman–Crippen LogP) is 3.70. The number of phenols is 5. The maximum absolute atomic E-state index is 13.9. The van der Waals surface area contributed by atoms with E-state index in [1.165, 1.54) is 86.0 Å². The fraction of sp³-hybridized carbons (Fsp3) is 0.175. The Bertz CT molecular complexity index is 2350. The third-order valence-corrected chi connectivity index (χ3v) is 8.49. The maximum atomic E-state index is 13.9. The second-order valence-electron chi connectivity index (χ2n) is 12.3. The minimum atomic E-state index is -2.01. The van der Waals surface area contributed by atoms with E-state index in [0.717, 1.165) is 24.3 Å². The number of rotatable bonds is 11. The molecule has 1 aliphatic rings.